The van der Waals surface area contributed by atoms with E-state index in [-0.39, 0.29) is 12.0 Å². The normalized spacial score (nSPS) is 22.3. The van der Waals surface area contributed by atoms with Crippen LogP contribution >= 0.6 is 0 Å². The summed E-state index contributed by atoms with van der Waals surface area (Å²) in [5.74, 6) is 1.74. The third-order valence-electron chi connectivity index (χ3n) is 6.47. The number of carbonyl (C=O) groups is 1. The topological polar surface area (TPSA) is 38.8 Å². The summed E-state index contributed by atoms with van der Waals surface area (Å²) in [7, 11) is 3.60. The van der Waals surface area contributed by atoms with Gasteiger partial charge in [-0.05, 0) is 37.3 Å². The number of carbonyl (C=O) groups excluding carboxylic acids is 1. The molecule has 4 rings (SSSR count). The Labute approximate surface area is 173 Å². The molecule has 1 amide bonds. The average Bonchev–Trinajstić information content (AvgIpc) is 3.37. The van der Waals surface area contributed by atoms with Crippen molar-refractivity contribution in [3.8, 4) is 11.5 Å². The summed E-state index contributed by atoms with van der Waals surface area (Å²) in [6.07, 6.45) is 6.37. The van der Waals surface area contributed by atoms with Crippen LogP contribution in [-0.2, 0) is 11.2 Å². The molecule has 2 aromatic carbocycles. The maximum atomic E-state index is 12.5. The maximum Gasteiger partial charge on any atom is 0.273 e. The summed E-state index contributed by atoms with van der Waals surface area (Å²) in [5.41, 5.74) is 2.37. The summed E-state index contributed by atoms with van der Waals surface area (Å²) in [6.45, 7) is 1.61. The van der Waals surface area contributed by atoms with Crippen LogP contribution in [0.1, 0.15) is 37.7 Å². The molecule has 1 saturated carbocycles. The van der Waals surface area contributed by atoms with Gasteiger partial charge in [-0.25, -0.2) is 0 Å². The van der Waals surface area contributed by atoms with E-state index >= 15 is 0 Å². The lowest BCUT2D eigenvalue weighted by Crippen LogP contribution is -2.57. The molecule has 0 aromatic heterocycles. The summed E-state index contributed by atoms with van der Waals surface area (Å²) < 4.78 is 12.4. The minimum absolute atomic E-state index is 0.187. The van der Waals surface area contributed by atoms with E-state index in [0.717, 1.165) is 49.5 Å². The summed E-state index contributed by atoms with van der Waals surface area (Å²) in [6, 6.07) is 16.6. The average molecular weight is 396 g/mol. The Morgan fingerprint density at radius 2 is 1.83 bits per heavy atom. The molecule has 0 N–H and O–H groups in total. The zero-order valence-electron chi connectivity index (χ0n) is 17.5. The molecule has 1 aliphatic carbocycles. The maximum absolute atomic E-state index is 12.5. The van der Waals surface area contributed by atoms with Crippen molar-refractivity contribution in [1.82, 2.24) is 9.60 Å². The lowest BCUT2D eigenvalue weighted by molar-refractivity contribution is -0.134. The van der Waals surface area contributed by atoms with Gasteiger partial charge in [0.25, 0.3) is 5.91 Å². The number of ether oxygens (including phenoxy) is 2. The highest BCUT2D eigenvalue weighted by atomic mass is 16.5. The van der Waals surface area contributed by atoms with E-state index in [2.05, 4.69) is 36.4 Å². The monoisotopic (exact) mass is 395 g/mol. The van der Waals surface area contributed by atoms with Gasteiger partial charge in [-0.1, -0.05) is 30.3 Å². The van der Waals surface area contributed by atoms with Gasteiger partial charge in [0, 0.05) is 18.6 Å². The van der Waals surface area contributed by atoms with E-state index < -0.39 is 0 Å². The minimum Gasteiger partial charge on any atom is -0.493 e. The van der Waals surface area contributed by atoms with Crippen LogP contribution in [0.25, 0.3) is 0 Å². The molecule has 1 saturated heterocycles. The van der Waals surface area contributed by atoms with Crippen LogP contribution in [0.4, 0.5) is 5.69 Å². The summed E-state index contributed by atoms with van der Waals surface area (Å²) in [4.78, 5) is 12.5. The Bertz CT molecular complexity index is 848. The standard InChI is InChI=1S/C24H31N2O3/c1-25-24(27)15-17-26(25,16-14-19-8-4-3-5-9-19)20-12-13-22(28-2)23(18-20)29-21-10-6-7-11-21/h3-5,8-9,12-13,18,21H,6-7,10-11,14-17H2,1-2H3/q+1. The van der Waals surface area contributed by atoms with Crippen molar-refractivity contribution in [2.24, 2.45) is 0 Å². The molecule has 2 fully saturated rings. The number of rotatable bonds is 7. The smallest absolute Gasteiger partial charge is 0.273 e. The first-order valence-electron chi connectivity index (χ1n) is 10.7. The first kappa shape index (κ1) is 19.8. The lowest BCUT2D eigenvalue weighted by Gasteiger charge is -2.38. The van der Waals surface area contributed by atoms with Gasteiger partial charge in [0.15, 0.2) is 17.2 Å². The number of quaternary nitrogens is 1. The highest BCUT2D eigenvalue weighted by molar-refractivity contribution is 5.80. The molecule has 1 unspecified atom stereocenters. The summed E-state index contributed by atoms with van der Waals surface area (Å²) in [5, 5.41) is 1.89. The van der Waals surface area contributed by atoms with Gasteiger partial charge in [0.1, 0.15) is 13.1 Å². The Hall–Kier alpha value is -2.53. The third-order valence-corrected chi connectivity index (χ3v) is 6.47. The number of amides is 1. The van der Waals surface area contributed by atoms with E-state index in [9.17, 15) is 4.79 Å². The third kappa shape index (κ3) is 3.97. The molecule has 0 spiro atoms. The molecule has 1 aliphatic heterocycles. The predicted octanol–water partition coefficient (Wildman–Crippen LogP) is 4.34. The van der Waals surface area contributed by atoms with Gasteiger partial charge in [-0.3, -0.25) is 4.79 Å². The van der Waals surface area contributed by atoms with E-state index in [1.165, 1.54) is 18.4 Å². The van der Waals surface area contributed by atoms with E-state index in [0.29, 0.717) is 11.0 Å². The molecule has 29 heavy (non-hydrogen) atoms. The molecule has 1 atom stereocenters. The number of methoxy groups -OCH3 is 1. The van der Waals surface area contributed by atoms with Gasteiger partial charge in [-0.15, -0.1) is 0 Å². The first-order valence-corrected chi connectivity index (χ1v) is 10.7. The molecule has 0 radical (unpaired) electrons. The molecule has 154 valence electrons. The summed E-state index contributed by atoms with van der Waals surface area (Å²) >= 11 is 0. The van der Waals surface area contributed by atoms with Crippen LogP contribution in [0.5, 0.6) is 11.5 Å². The van der Waals surface area contributed by atoms with Crippen LogP contribution in [0.15, 0.2) is 48.5 Å². The Morgan fingerprint density at radius 1 is 1.07 bits per heavy atom. The molecule has 5 heteroatoms. The quantitative estimate of drug-likeness (QED) is 0.655. The largest absolute Gasteiger partial charge is 0.493 e. The van der Waals surface area contributed by atoms with Crippen LogP contribution in [-0.4, -0.2) is 44.3 Å². The SMILES string of the molecule is COc1ccc([N+]2(CCc3ccccc3)CCC(=O)N2C)cc1OC1CCCC1. The number of hydrogen-bond acceptors (Lipinski definition) is 3. The van der Waals surface area contributed by atoms with Crippen molar-refractivity contribution < 1.29 is 14.3 Å². The second kappa shape index (κ2) is 8.46. The Morgan fingerprint density at radius 3 is 2.48 bits per heavy atom. The number of hydrogen-bond donors (Lipinski definition) is 0. The van der Waals surface area contributed by atoms with Crippen molar-refractivity contribution in [3.63, 3.8) is 0 Å². The van der Waals surface area contributed by atoms with Gasteiger partial charge in [0.2, 0.25) is 0 Å². The van der Waals surface area contributed by atoms with Gasteiger partial charge >= 0.3 is 0 Å². The van der Waals surface area contributed by atoms with Crippen LogP contribution in [0.2, 0.25) is 0 Å². The number of benzene rings is 2. The van der Waals surface area contributed by atoms with Crippen LogP contribution < -0.4 is 14.1 Å². The van der Waals surface area contributed by atoms with Crippen molar-refractivity contribution in [1.29, 1.82) is 0 Å². The molecule has 1 heterocycles. The van der Waals surface area contributed by atoms with Crippen molar-refractivity contribution in [2.45, 2.75) is 44.6 Å². The van der Waals surface area contributed by atoms with Crippen LogP contribution in [0, 0.1) is 0 Å². The number of nitrogens with zero attached hydrogens (tertiary/aromatic N) is 2. The van der Waals surface area contributed by atoms with E-state index in [1.807, 2.05) is 24.2 Å². The molecule has 5 nitrogen and oxygen atoms in total. The van der Waals surface area contributed by atoms with E-state index in [4.69, 9.17) is 9.47 Å². The van der Waals surface area contributed by atoms with Gasteiger partial charge < -0.3 is 9.47 Å². The molecular formula is C24H31N2O3+. The van der Waals surface area contributed by atoms with Crippen molar-refractivity contribution in [3.05, 3.63) is 54.1 Å². The minimum atomic E-state index is 0.187. The molecule has 0 bridgehead atoms. The van der Waals surface area contributed by atoms with Crippen molar-refractivity contribution >= 4 is 11.6 Å². The highest BCUT2D eigenvalue weighted by Crippen LogP contribution is 2.39. The Balaban J connectivity index is 1.65. The second-order valence-corrected chi connectivity index (χ2v) is 8.13. The van der Waals surface area contributed by atoms with Crippen molar-refractivity contribution in [2.75, 3.05) is 27.2 Å². The Kier molecular flexibility index (Phi) is 5.76. The highest BCUT2D eigenvalue weighted by Gasteiger charge is 2.45. The fourth-order valence-corrected chi connectivity index (χ4v) is 4.66. The molecule has 2 aliphatic rings. The van der Waals surface area contributed by atoms with Gasteiger partial charge in [0.05, 0.1) is 26.7 Å². The zero-order valence-corrected chi connectivity index (χ0v) is 17.5. The predicted molar refractivity (Wildman–Crippen MR) is 115 cm³/mol. The fraction of sp³-hybridized carbons (Fsp3) is 0.458. The lowest BCUT2D eigenvalue weighted by atomic mass is 10.1. The molecule has 2 aromatic rings. The zero-order chi connectivity index (χ0) is 20.3. The fourth-order valence-electron chi connectivity index (χ4n) is 4.66. The van der Waals surface area contributed by atoms with Gasteiger partial charge in [-0.2, -0.15) is 9.60 Å². The first-order chi connectivity index (χ1) is 14.1. The van der Waals surface area contributed by atoms with E-state index in [1.54, 1.807) is 7.11 Å². The van der Waals surface area contributed by atoms with Crippen LogP contribution in [0.3, 0.4) is 0 Å². The molecular weight excluding hydrogens is 364 g/mol. The second-order valence-electron chi connectivity index (χ2n) is 8.13.